The summed E-state index contributed by atoms with van der Waals surface area (Å²) in [6.45, 7) is 3.15. The summed E-state index contributed by atoms with van der Waals surface area (Å²) in [5.74, 6) is 2.60. The molecule has 0 radical (unpaired) electrons. The second-order valence-electron chi connectivity index (χ2n) is 2.78. The molecule has 0 saturated carbocycles. The molecule has 1 saturated heterocycles. The molecule has 12 heavy (non-hydrogen) atoms. The maximum Gasteiger partial charge on any atom is 0.410 e. The molecule has 1 fully saturated rings. The first kappa shape index (κ1) is 8.92. The Morgan fingerprint density at radius 1 is 1.83 bits per heavy atom. The monoisotopic (exact) mass is 167 g/mol. The van der Waals surface area contributed by atoms with E-state index in [2.05, 4.69) is 5.92 Å². The number of cyclic esters (lactones) is 1. The molecule has 0 aromatic rings. The van der Waals surface area contributed by atoms with Crippen molar-refractivity contribution in [1.29, 1.82) is 0 Å². The van der Waals surface area contributed by atoms with Gasteiger partial charge in [0.05, 0.1) is 12.6 Å². The molecular formula is C9H13NO2. The Labute approximate surface area is 72.7 Å². The van der Waals surface area contributed by atoms with Crippen molar-refractivity contribution < 1.29 is 9.53 Å². The third-order valence-electron chi connectivity index (χ3n) is 1.92. The average molecular weight is 167 g/mol. The van der Waals surface area contributed by atoms with Crippen LogP contribution in [0.25, 0.3) is 0 Å². The summed E-state index contributed by atoms with van der Waals surface area (Å²) in [5, 5.41) is 0. The van der Waals surface area contributed by atoms with Crippen LogP contribution in [0, 0.1) is 12.3 Å². The van der Waals surface area contributed by atoms with Crippen molar-refractivity contribution in [2.75, 3.05) is 13.2 Å². The SMILES string of the molecule is C#CC(CCC)N1CCOC1=O. The van der Waals surface area contributed by atoms with Gasteiger partial charge in [-0.05, 0) is 6.42 Å². The van der Waals surface area contributed by atoms with Crippen molar-refractivity contribution in [3.63, 3.8) is 0 Å². The first-order chi connectivity index (χ1) is 5.79. The molecule has 0 aromatic heterocycles. The van der Waals surface area contributed by atoms with Gasteiger partial charge in [-0.25, -0.2) is 4.79 Å². The highest BCUT2D eigenvalue weighted by atomic mass is 16.6. The van der Waals surface area contributed by atoms with Crippen LogP contribution in [-0.2, 0) is 4.74 Å². The first-order valence-corrected chi connectivity index (χ1v) is 4.19. The molecular weight excluding hydrogens is 154 g/mol. The Bertz CT molecular complexity index is 207. The van der Waals surface area contributed by atoms with Gasteiger partial charge < -0.3 is 4.74 Å². The number of hydrogen-bond acceptors (Lipinski definition) is 2. The standard InChI is InChI=1S/C9H13NO2/c1-3-5-8(4-2)10-6-7-12-9(10)11/h2,8H,3,5-7H2,1H3. The van der Waals surface area contributed by atoms with Gasteiger partial charge in [0, 0.05) is 0 Å². The lowest BCUT2D eigenvalue weighted by Gasteiger charge is -2.19. The summed E-state index contributed by atoms with van der Waals surface area (Å²) in [6, 6.07) is -0.0787. The number of rotatable bonds is 3. The minimum Gasteiger partial charge on any atom is -0.447 e. The number of terminal acetylenes is 1. The second-order valence-corrected chi connectivity index (χ2v) is 2.78. The van der Waals surface area contributed by atoms with Crippen LogP contribution in [0.3, 0.4) is 0 Å². The zero-order valence-corrected chi connectivity index (χ0v) is 7.25. The quantitative estimate of drug-likeness (QED) is 0.592. The Morgan fingerprint density at radius 3 is 3.00 bits per heavy atom. The van der Waals surface area contributed by atoms with E-state index >= 15 is 0 Å². The van der Waals surface area contributed by atoms with Gasteiger partial charge in [-0.2, -0.15) is 0 Å². The van der Waals surface area contributed by atoms with E-state index in [1.165, 1.54) is 0 Å². The molecule has 0 bridgehead atoms. The first-order valence-electron chi connectivity index (χ1n) is 4.19. The fraction of sp³-hybridized carbons (Fsp3) is 0.667. The molecule has 0 N–H and O–H groups in total. The van der Waals surface area contributed by atoms with Gasteiger partial charge in [-0.1, -0.05) is 19.3 Å². The van der Waals surface area contributed by atoms with Gasteiger partial charge in [0.1, 0.15) is 6.61 Å². The van der Waals surface area contributed by atoms with Crippen molar-refractivity contribution in [1.82, 2.24) is 4.90 Å². The predicted molar refractivity (Wildman–Crippen MR) is 45.6 cm³/mol. The number of nitrogens with zero attached hydrogens (tertiary/aromatic N) is 1. The molecule has 1 aliphatic heterocycles. The van der Waals surface area contributed by atoms with Gasteiger partial charge in [0.2, 0.25) is 0 Å². The third-order valence-corrected chi connectivity index (χ3v) is 1.92. The number of hydrogen-bond donors (Lipinski definition) is 0. The van der Waals surface area contributed by atoms with Crippen molar-refractivity contribution in [3.05, 3.63) is 0 Å². The molecule has 1 aliphatic rings. The number of carbonyl (C=O) groups excluding carboxylic acids is 1. The van der Waals surface area contributed by atoms with Crippen molar-refractivity contribution in [3.8, 4) is 12.3 Å². The van der Waals surface area contributed by atoms with Crippen LogP contribution in [0.4, 0.5) is 4.79 Å². The molecule has 1 amide bonds. The maximum atomic E-state index is 11.1. The van der Waals surface area contributed by atoms with E-state index in [0.717, 1.165) is 12.8 Å². The lowest BCUT2D eigenvalue weighted by Crippen LogP contribution is -2.34. The lowest BCUT2D eigenvalue weighted by atomic mass is 10.1. The Morgan fingerprint density at radius 2 is 2.58 bits per heavy atom. The summed E-state index contributed by atoms with van der Waals surface area (Å²) in [5.41, 5.74) is 0. The molecule has 66 valence electrons. The van der Waals surface area contributed by atoms with Crippen molar-refractivity contribution in [2.45, 2.75) is 25.8 Å². The molecule has 0 spiro atoms. The zero-order valence-electron chi connectivity index (χ0n) is 7.25. The van der Waals surface area contributed by atoms with Gasteiger partial charge in [0.15, 0.2) is 0 Å². The predicted octanol–water partition coefficient (Wildman–Crippen LogP) is 1.24. The zero-order chi connectivity index (χ0) is 8.97. The van der Waals surface area contributed by atoms with Crippen LogP contribution in [0.1, 0.15) is 19.8 Å². The Hall–Kier alpha value is -1.17. The molecule has 0 aromatic carbocycles. The molecule has 1 heterocycles. The van der Waals surface area contributed by atoms with Gasteiger partial charge in [-0.3, -0.25) is 4.90 Å². The molecule has 1 rings (SSSR count). The Kier molecular flexibility index (Phi) is 2.98. The summed E-state index contributed by atoms with van der Waals surface area (Å²) in [6.07, 6.45) is 6.87. The normalized spacial score (nSPS) is 18.7. The van der Waals surface area contributed by atoms with E-state index in [4.69, 9.17) is 11.2 Å². The van der Waals surface area contributed by atoms with Crippen LogP contribution in [0.2, 0.25) is 0 Å². The summed E-state index contributed by atoms with van der Waals surface area (Å²) < 4.78 is 4.79. The minimum atomic E-state index is -0.272. The highest BCUT2D eigenvalue weighted by molar-refractivity contribution is 5.70. The molecule has 0 aliphatic carbocycles. The van der Waals surface area contributed by atoms with Crippen molar-refractivity contribution >= 4 is 6.09 Å². The van der Waals surface area contributed by atoms with Crippen LogP contribution >= 0.6 is 0 Å². The number of ether oxygens (including phenoxy) is 1. The van der Waals surface area contributed by atoms with E-state index in [1.54, 1.807) is 4.90 Å². The fourth-order valence-electron chi connectivity index (χ4n) is 1.29. The van der Waals surface area contributed by atoms with Gasteiger partial charge >= 0.3 is 6.09 Å². The van der Waals surface area contributed by atoms with E-state index < -0.39 is 0 Å². The average Bonchev–Trinajstić information content (AvgIpc) is 2.47. The van der Waals surface area contributed by atoms with Crippen LogP contribution < -0.4 is 0 Å². The topological polar surface area (TPSA) is 29.5 Å². The molecule has 1 atom stereocenters. The largest absolute Gasteiger partial charge is 0.447 e. The molecule has 3 nitrogen and oxygen atoms in total. The second kappa shape index (κ2) is 4.01. The summed E-state index contributed by atoms with van der Waals surface area (Å²) >= 11 is 0. The number of amides is 1. The summed E-state index contributed by atoms with van der Waals surface area (Å²) in [4.78, 5) is 12.7. The smallest absolute Gasteiger partial charge is 0.410 e. The third kappa shape index (κ3) is 1.70. The molecule has 3 heteroatoms. The minimum absolute atomic E-state index is 0.0787. The van der Waals surface area contributed by atoms with E-state index in [9.17, 15) is 4.79 Å². The summed E-state index contributed by atoms with van der Waals surface area (Å²) in [7, 11) is 0. The van der Waals surface area contributed by atoms with Gasteiger partial charge in [0.25, 0.3) is 0 Å². The fourth-order valence-corrected chi connectivity index (χ4v) is 1.29. The highest BCUT2D eigenvalue weighted by Gasteiger charge is 2.27. The van der Waals surface area contributed by atoms with Crippen LogP contribution in [0.5, 0.6) is 0 Å². The molecule has 1 unspecified atom stereocenters. The maximum absolute atomic E-state index is 11.1. The lowest BCUT2D eigenvalue weighted by molar-refractivity contribution is 0.153. The highest BCUT2D eigenvalue weighted by Crippen LogP contribution is 2.12. The van der Waals surface area contributed by atoms with Crippen LogP contribution in [0.15, 0.2) is 0 Å². The van der Waals surface area contributed by atoms with E-state index in [0.29, 0.717) is 13.2 Å². The number of carbonyl (C=O) groups is 1. The van der Waals surface area contributed by atoms with Gasteiger partial charge in [-0.15, -0.1) is 6.42 Å². The van der Waals surface area contributed by atoms with Crippen molar-refractivity contribution in [2.24, 2.45) is 0 Å². The van der Waals surface area contributed by atoms with E-state index in [1.807, 2.05) is 6.92 Å². The Balaban J connectivity index is 2.54. The van der Waals surface area contributed by atoms with Crippen LogP contribution in [-0.4, -0.2) is 30.2 Å². The van der Waals surface area contributed by atoms with E-state index in [-0.39, 0.29) is 12.1 Å².